The molecule has 0 bridgehead atoms. The minimum atomic E-state index is -1.00. The summed E-state index contributed by atoms with van der Waals surface area (Å²) in [4.78, 5) is 28.8. The third-order valence-electron chi connectivity index (χ3n) is 7.39. The van der Waals surface area contributed by atoms with E-state index in [-0.39, 0.29) is 28.9 Å². The standard InChI is InChI=1S/C26H39NO4S/c1-17-9-11-21(12-10-17)25(29)27(22-13-15-23(28)16-14-22)18(2)24(26(30)31)32-19(3)20-7-5-4-6-8-20/h7,17,21-23,28H,3-6,8-16H2,1-2H3,(H,30,31)/b24-18+. The molecule has 2 N–H and O–H groups in total. The van der Waals surface area contributed by atoms with Crippen LogP contribution in [0.1, 0.15) is 90.9 Å². The van der Waals surface area contributed by atoms with E-state index in [1.165, 1.54) is 11.8 Å². The van der Waals surface area contributed by atoms with E-state index in [2.05, 4.69) is 19.6 Å². The topological polar surface area (TPSA) is 77.8 Å². The van der Waals surface area contributed by atoms with Gasteiger partial charge >= 0.3 is 5.97 Å². The van der Waals surface area contributed by atoms with Crippen LogP contribution in [0.15, 0.2) is 33.7 Å². The van der Waals surface area contributed by atoms with Crippen molar-refractivity contribution in [2.45, 2.75) is 103 Å². The fourth-order valence-corrected chi connectivity index (χ4v) is 6.20. The maximum Gasteiger partial charge on any atom is 0.344 e. The highest BCUT2D eigenvalue weighted by molar-refractivity contribution is 8.07. The number of hydrogen-bond donors (Lipinski definition) is 2. The SMILES string of the molecule is C=C(S/C(C(=O)O)=C(\C)N(C(=O)C1CCC(C)CC1)C1CCC(O)CC1)C1=CCCCC1. The minimum Gasteiger partial charge on any atom is -0.477 e. The van der Waals surface area contributed by atoms with Crippen LogP contribution >= 0.6 is 11.8 Å². The van der Waals surface area contributed by atoms with Crippen molar-refractivity contribution in [3.63, 3.8) is 0 Å². The molecule has 0 unspecified atom stereocenters. The predicted octanol–water partition coefficient (Wildman–Crippen LogP) is 6.01. The van der Waals surface area contributed by atoms with Gasteiger partial charge in [-0.25, -0.2) is 4.79 Å². The van der Waals surface area contributed by atoms with Gasteiger partial charge in [-0.2, -0.15) is 0 Å². The summed E-state index contributed by atoms with van der Waals surface area (Å²) in [5, 5.41) is 20.1. The number of rotatable bonds is 7. The molecule has 32 heavy (non-hydrogen) atoms. The molecule has 178 valence electrons. The van der Waals surface area contributed by atoms with Crippen molar-refractivity contribution < 1.29 is 19.8 Å². The lowest BCUT2D eigenvalue weighted by molar-refractivity contribution is -0.138. The molecule has 0 heterocycles. The molecule has 0 atom stereocenters. The molecule has 0 aliphatic heterocycles. The smallest absolute Gasteiger partial charge is 0.344 e. The Labute approximate surface area is 197 Å². The number of carboxylic acids is 1. The second-order valence-corrected chi connectivity index (χ2v) is 11.0. The molecule has 0 aromatic carbocycles. The van der Waals surface area contributed by atoms with E-state index in [0.717, 1.165) is 61.8 Å². The summed E-state index contributed by atoms with van der Waals surface area (Å²) in [5.41, 5.74) is 1.66. The number of allylic oxidation sites excluding steroid dienone is 3. The Bertz CT molecular complexity index is 771. The fraction of sp³-hybridized carbons (Fsp3) is 0.692. The zero-order valence-electron chi connectivity index (χ0n) is 19.6. The number of hydrogen-bond acceptors (Lipinski definition) is 4. The Morgan fingerprint density at radius 3 is 2.28 bits per heavy atom. The lowest BCUT2D eigenvalue weighted by Gasteiger charge is -2.39. The predicted molar refractivity (Wildman–Crippen MR) is 130 cm³/mol. The van der Waals surface area contributed by atoms with Crippen LogP contribution in [-0.2, 0) is 9.59 Å². The third-order valence-corrected chi connectivity index (χ3v) is 8.58. The number of aliphatic hydroxyl groups is 1. The van der Waals surface area contributed by atoms with Gasteiger partial charge in [0.25, 0.3) is 0 Å². The number of amides is 1. The Balaban J connectivity index is 1.89. The first kappa shape index (κ1) is 25.1. The molecule has 0 aromatic rings. The van der Waals surface area contributed by atoms with Crippen molar-refractivity contribution in [3.8, 4) is 0 Å². The molecule has 0 aromatic heterocycles. The highest BCUT2D eigenvalue weighted by atomic mass is 32.2. The highest BCUT2D eigenvalue weighted by Gasteiger charge is 2.36. The largest absolute Gasteiger partial charge is 0.477 e. The van der Waals surface area contributed by atoms with Gasteiger partial charge in [0.15, 0.2) is 0 Å². The van der Waals surface area contributed by atoms with Crippen LogP contribution in [0.2, 0.25) is 0 Å². The molecule has 6 heteroatoms. The van der Waals surface area contributed by atoms with Gasteiger partial charge in [0, 0.05) is 22.6 Å². The first-order chi connectivity index (χ1) is 15.3. The summed E-state index contributed by atoms with van der Waals surface area (Å²) in [7, 11) is 0. The molecule has 3 rings (SSSR count). The molecule has 3 aliphatic rings. The molecular weight excluding hydrogens is 422 g/mol. The molecule has 1 amide bonds. The van der Waals surface area contributed by atoms with E-state index in [1.54, 1.807) is 11.8 Å². The summed E-state index contributed by atoms with van der Waals surface area (Å²) < 4.78 is 0. The zero-order chi connectivity index (χ0) is 23.3. The summed E-state index contributed by atoms with van der Waals surface area (Å²) in [6.45, 7) is 8.19. The summed E-state index contributed by atoms with van der Waals surface area (Å²) in [6, 6.07) is -0.0534. The van der Waals surface area contributed by atoms with Crippen LogP contribution in [0, 0.1) is 11.8 Å². The van der Waals surface area contributed by atoms with Gasteiger partial charge < -0.3 is 15.1 Å². The van der Waals surface area contributed by atoms with Gasteiger partial charge in [-0.3, -0.25) is 4.79 Å². The van der Waals surface area contributed by atoms with Gasteiger partial charge in [-0.15, -0.1) is 0 Å². The quantitative estimate of drug-likeness (QED) is 0.454. The van der Waals surface area contributed by atoms with Crippen molar-refractivity contribution >= 4 is 23.6 Å². The number of nitrogens with zero attached hydrogens (tertiary/aromatic N) is 1. The lowest BCUT2D eigenvalue weighted by Crippen LogP contribution is -2.45. The molecule has 2 saturated carbocycles. The highest BCUT2D eigenvalue weighted by Crippen LogP contribution is 2.39. The lowest BCUT2D eigenvalue weighted by atomic mass is 9.81. The van der Waals surface area contributed by atoms with Crippen molar-refractivity contribution in [3.05, 3.63) is 33.7 Å². The molecule has 0 spiro atoms. The number of aliphatic carboxylic acids is 1. The van der Waals surface area contributed by atoms with Crippen LogP contribution in [-0.4, -0.2) is 39.1 Å². The van der Waals surface area contributed by atoms with E-state index in [4.69, 9.17) is 0 Å². The van der Waals surface area contributed by atoms with Gasteiger partial charge in [-0.05, 0) is 95.5 Å². The van der Waals surface area contributed by atoms with E-state index in [9.17, 15) is 19.8 Å². The van der Waals surface area contributed by atoms with Crippen LogP contribution in [0.25, 0.3) is 0 Å². The van der Waals surface area contributed by atoms with Crippen LogP contribution < -0.4 is 0 Å². The molecular formula is C26H39NO4S. The molecule has 0 radical (unpaired) electrons. The van der Waals surface area contributed by atoms with Crippen LogP contribution in [0.5, 0.6) is 0 Å². The Hall–Kier alpha value is -1.53. The average Bonchev–Trinajstić information content (AvgIpc) is 2.79. The molecule has 3 aliphatic carbocycles. The van der Waals surface area contributed by atoms with E-state index >= 15 is 0 Å². The van der Waals surface area contributed by atoms with E-state index in [1.807, 2.05) is 0 Å². The van der Waals surface area contributed by atoms with Gasteiger partial charge in [0.2, 0.25) is 5.91 Å². The van der Waals surface area contributed by atoms with Gasteiger partial charge in [0.05, 0.1) is 6.10 Å². The Morgan fingerprint density at radius 2 is 1.72 bits per heavy atom. The summed E-state index contributed by atoms with van der Waals surface area (Å²) in [6.07, 6.45) is 12.6. The maximum atomic E-state index is 13.7. The second kappa shape index (κ2) is 11.6. The first-order valence-electron chi connectivity index (χ1n) is 12.3. The Morgan fingerprint density at radius 1 is 1.06 bits per heavy atom. The van der Waals surface area contributed by atoms with Gasteiger partial charge in [-0.1, -0.05) is 31.3 Å². The first-order valence-corrected chi connectivity index (χ1v) is 13.1. The van der Waals surface area contributed by atoms with Crippen molar-refractivity contribution in [2.24, 2.45) is 11.8 Å². The normalized spacial score (nSPS) is 29.5. The second-order valence-electron chi connectivity index (χ2n) is 9.85. The van der Waals surface area contributed by atoms with E-state index in [0.29, 0.717) is 37.3 Å². The summed E-state index contributed by atoms with van der Waals surface area (Å²) >= 11 is 1.20. The minimum absolute atomic E-state index is 0.0442. The number of thioether (sulfide) groups is 1. The molecule has 0 saturated heterocycles. The number of carbonyl (C=O) groups excluding carboxylic acids is 1. The Kier molecular flexibility index (Phi) is 9.06. The number of carboxylic acid groups (broad SMARTS) is 1. The maximum absolute atomic E-state index is 13.7. The summed E-state index contributed by atoms with van der Waals surface area (Å²) in [5.74, 6) is -0.336. The van der Waals surface area contributed by atoms with E-state index < -0.39 is 5.97 Å². The molecule has 2 fully saturated rings. The monoisotopic (exact) mass is 461 g/mol. The van der Waals surface area contributed by atoms with Crippen molar-refractivity contribution in [1.29, 1.82) is 0 Å². The number of aliphatic hydroxyl groups excluding tert-OH is 1. The molecule has 5 nitrogen and oxygen atoms in total. The van der Waals surface area contributed by atoms with Crippen LogP contribution in [0.4, 0.5) is 0 Å². The van der Waals surface area contributed by atoms with Crippen LogP contribution in [0.3, 0.4) is 0 Å². The van der Waals surface area contributed by atoms with Gasteiger partial charge in [0.1, 0.15) is 4.91 Å². The fourth-order valence-electron chi connectivity index (χ4n) is 5.30. The van der Waals surface area contributed by atoms with Crippen molar-refractivity contribution in [1.82, 2.24) is 4.90 Å². The average molecular weight is 462 g/mol. The van der Waals surface area contributed by atoms with Crippen molar-refractivity contribution in [2.75, 3.05) is 0 Å². The number of carbonyl (C=O) groups is 2. The third kappa shape index (κ3) is 6.28. The zero-order valence-corrected chi connectivity index (χ0v) is 20.5.